The van der Waals surface area contributed by atoms with Gasteiger partial charge in [-0.1, -0.05) is 36.6 Å². The van der Waals surface area contributed by atoms with E-state index in [9.17, 15) is 4.79 Å². The van der Waals surface area contributed by atoms with E-state index in [0.29, 0.717) is 5.75 Å². The molecule has 0 radical (unpaired) electrons. The quantitative estimate of drug-likeness (QED) is 0.731. The Morgan fingerprint density at radius 3 is 2.67 bits per heavy atom. The Bertz CT molecular complexity index is 419. The molecule has 2 heteroatoms. The van der Waals surface area contributed by atoms with Gasteiger partial charge in [-0.05, 0) is 43.9 Å². The van der Waals surface area contributed by atoms with Crippen LogP contribution < -0.4 is 0 Å². The molecule has 1 saturated carbocycles. The number of aryl methyl sites for hydroxylation is 2. The van der Waals surface area contributed by atoms with Crippen molar-refractivity contribution >= 4 is 17.5 Å². The molecule has 0 bridgehead atoms. The van der Waals surface area contributed by atoms with Crippen molar-refractivity contribution in [3.05, 3.63) is 34.9 Å². The van der Waals surface area contributed by atoms with Crippen LogP contribution in [-0.2, 0) is 0 Å². The maximum Gasteiger partial charge on any atom is 0.172 e. The molecule has 1 aromatic rings. The lowest BCUT2D eigenvalue weighted by molar-refractivity contribution is 0.102. The van der Waals surface area contributed by atoms with Gasteiger partial charge in [0.1, 0.15) is 0 Å². The number of thioether (sulfide) groups is 1. The van der Waals surface area contributed by atoms with E-state index < -0.39 is 0 Å². The summed E-state index contributed by atoms with van der Waals surface area (Å²) in [5, 5.41) is 0. The summed E-state index contributed by atoms with van der Waals surface area (Å²) < 4.78 is 0. The monoisotopic (exact) mass is 262 g/mol. The van der Waals surface area contributed by atoms with Gasteiger partial charge in [0, 0.05) is 5.56 Å². The summed E-state index contributed by atoms with van der Waals surface area (Å²) in [7, 11) is 0. The second-order valence-electron chi connectivity index (χ2n) is 5.41. The highest BCUT2D eigenvalue weighted by Crippen LogP contribution is 2.28. The van der Waals surface area contributed by atoms with Crippen LogP contribution in [0.2, 0.25) is 0 Å². The second-order valence-corrected chi connectivity index (χ2v) is 6.44. The van der Waals surface area contributed by atoms with Crippen molar-refractivity contribution in [3.8, 4) is 0 Å². The van der Waals surface area contributed by atoms with E-state index in [1.807, 2.05) is 30.8 Å². The zero-order valence-electron chi connectivity index (χ0n) is 11.4. The summed E-state index contributed by atoms with van der Waals surface area (Å²) in [5.74, 6) is 2.95. The number of ketones is 1. The molecule has 18 heavy (non-hydrogen) atoms. The van der Waals surface area contributed by atoms with Gasteiger partial charge in [-0.15, -0.1) is 0 Å². The second kappa shape index (κ2) is 6.42. The lowest BCUT2D eigenvalue weighted by Crippen LogP contribution is -2.07. The van der Waals surface area contributed by atoms with E-state index in [0.717, 1.165) is 22.8 Å². The first-order valence-corrected chi connectivity index (χ1v) is 8.00. The SMILES string of the molecule is Cc1ccc(C(=O)CSCC2CCCC2)c(C)c1. The first-order valence-electron chi connectivity index (χ1n) is 6.85. The first kappa shape index (κ1) is 13.7. The van der Waals surface area contributed by atoms with Crippen LogP contribution in [0.1, 0.15) is 47.2 Å². The molecular formula is C16H22OS. The third-order valence-electron chi connectivity index (χ3n) is 3.74. The maximum atomic E-state index is 12.1. The van der Waals surface area contributed by atoms with Crippen LogP contribution >= 0.6 is 11.8 Å². The number of rotatable bonds is 5. The normalized spacial score (nSPS) is 16.1. The molecule has 98 valence electrons. The van der Waals surface area contributed by atoms with Gasteiger partial charge in [0.15, 0.2) is 5.78 Å². The number of hydrogen-bond acceptors (Lipinski definition) is 2. The predicted molar refractivity (Wildman–Crippen MR) is 79.5 cm³/mol. The topological polar surface area (TPSA) is 17.1 Å². The molecule has 0 unspecified atom stereocenters. The van der Waals surface area contributed by atoms with Crippen molar-refractivity contribution < 1.29 is 4.79 Å². The summed E-state index contributed by atoms with van der Waals surface area (Å²) in [6.45, 7) is 4.10. The maximum absolute atomic E-state index is 12.1. The summed E-state index contributed by atoms with van der Waals surface area (Å²) >= 11 is 1.82. The molecule has 1 nitrogen and oxygen atoms in total. The lowest BCUT2D eigenvalue weighted by Gasteiger charge is -2.09. The van der Waals surface area contributed by atoms with Gasteiger partial charge >= 0.3 is 0 Å². The van der Waals surface area contributed by atoms with Gasteiger partial charge in [0.25, 0.3) is 0 Å². The van der Waals surface area contributed by atoms with Crippen LogP contribution in [-0.4, -0.2) is 17.3 Å². The van der Waals surface area contributed by atoms with E-state index in [2.05, 4.69) is 13.0 Å². The van der Waals surface area contributed by atoms with Crippen molar-refractivity contribution in [1.82, 2.24) is 0 Å². The van der Waals surface area contributed by atoms with E-state index in [-0.39, 0.29) is 5.78 Å². The minimum absolute atomic E-state index is 0.287. The van der Waals surface area contributed by atoms with Crippen molar-refractivity contribution in [3.63, 3.8) is 0 Å². The van der Waals surface area contributed by atoms with Crippen molar-refractivity contribution in [1.29, 1.82) is 0 Å². The van der Waals surface area contributed by atoms with Crippen LogP contribution in [0.3, 0.4) is 0 Å². The number of Topliss-reactive ketones (excluding diaryl/α,β-unsaturated/α-hetero) is 1. The van der Waals surface area contributed by atoms with E-state index in [1.54, 1.807) is 0 Å². The van der Waals surface area contributed by atoms with Crippen LogP contribution in [0.15, 0.2) is 18.2 Å². The number of carbonyl (C=O) groups is 1. The Morgan fingerprint density at radius 2 is 2.00 bits per heavy atom. The Labute approximate surface area is 114 Å². The summed E-state index contributed by atoms with van der Waals surface area (Å²) in [6.07, 6.45) is 5.50. The fourth-order valence-electron chi connectivity index (χ4n) is 2.70. The zero-order valence-corrected chi connectivity index (χ0v) is 12.2. The van der Waals surface area contributed by atoms with Gasteiger partial charge in [-0.2, -0.15) is 11.8 Å². The molecule has 0 spiro atoms. The van der Waals surface area contributed by atoms with Crippen LogP contribution in [0.5, 0.6) is 0 Å². The Morgan fingerprint density at radius 1 is 1.28 bits per heavy atom. The molecule has 0 N–H and O–H groups in total. The fourth-order valence-corrected chi connectivity index (χ4v) is 3.82. The van der Waals surface area contributed by atoms with Gasteiger partial charge in [-0.3, -0.25) is 4.79 Å². The third-order valence-corrected chi connectivity index (χ3v) is 4.92. The van der Waals surface area contributed by atoms with E-state index in [1.165, 1.54) is 31.2 Å². The molecule has 1 aliphatic carbocycles. The van der Waals surface area contributed by atoms with Gasteiger partial charge in [0.05, 0.1) is 5.75 Å². The number of hydrogen-bond donors (Lipinski definition) is 0. The summed E-state index contributed by atoms with van der Waals surface area (Å²) in [5.41, 5.74) is 3.24. The molecular weight excluding hydrogens is 240 g/mol. The highest BCUT2D eigenvalue weighted by molar-refractivity contribution is 7.99. The molecule has 0 aliphatic heterocycles. The van der Waals surface area contributed by atoms with Crippen LogP contribution in [0, 0.1) is 19.8 Å². The average Bonchev–Trinajstić information content (AvgIpc) is 2.81. The van der Waals surface area contributed by atoms with Crippen LogP contribution in [0.25, 0.3) is 0 Å². The molecule has 1 aliphatic rings. The molecule has 0 amide bonds. The third kappa shape index (κ3) is 3.61. The van der Waals surface area contributed by atoms with Gasteiger partial charge < -0.3 is 0 Å². The van der Waals surface area contributed by atoms with Gasteiger partial charge in [-0.25, -0.2) is 0 Å². The summed E-state index contributed by atoms with van der Waals surface area (Å²) in [6, 6.07) is 6.10. The highest BCUT2D eigenvalue weighted by atomic mass is 32.2. The van der Waals surface area contributed by atoms with Crippen molar-refractivity contribution in [2.24, 2.45) is 5.92 Å². The van der Waals surface area contributed by atoms with Crippen molar-refractivity contribution in [2.45, 2.75) is 39.5 Å². The minimum atomic E-state index is 0.287. The number of carbonyl (C=O) groups excluding carboxylic acids is 1. The van der Waals surface area contributed by atoms with Crippen molar-refractivity contribution in [2.75, 3.05) is 11.5 Å². The lowest BCUT2D eigenvalue weighted by atomic mass is 10.0. The highest BCUT2D eigenvalue weighted by Gasteiger charge is 2.16. The molecule has 0 saturated heterocycles. The van der Waals surface area contributed by atoms with E-state index >= 15 is 0 Å². The Balaban J connectivity index is 1.83. The van der Waals surface area contributed by atoms with Gasteiger partial charge in [0.2, 0.25) is 0 Å². The molecule has 1 fully saturated rings. The van der Waals surface area contributed by atoms with Crippen LogP contribution in [0.4, 0.5) is 0 Å². The number of benzene rings is 1. The fraction of sp³-hybridized carbons (Fsp3) is 0.562. The molecule has 2 rings (SSSR count). The zero-order chi connectivity index (χ0) is 13.0. The first-order chi connectivity index (χ1) is 8.66. The largest absolute Gasteiger partial charge is 0.293 e. The standard InChI is InChI=1S/C16H22OS/c1-12-7-8-15(13(2)9-12)16(17)11-18-10-14-5-3-4-6-14/h7-9,14H,3-6,10-11H2,1-2H3. The summed E-state index contributed by atoms with van der Waals surface area (Å²) in [4.78, 5) is 12.1. The molecule has 0 atom stereocenters. The Kier molecular flexibility index (Phi) is 4.87. The predicted octanol–water partition coefficient (Wildman–Crippen LogP) is 4.41. The smallest absolute Gasteiger partial charge is 0.172 e. The minimum Gasteiger partial charge on any atom is -0.293 e. The Hall–Kier alpha value is -0.760. The molecule has 1 aromatic carbocycles. The van der Waals surface area contributed by atoms with E-state index in [4.69, 9.17) is 0 Å². The molecule has 0 heterocycles. The molecule has 0 aromatic heterocycles. The average molecular weight is 262 g/mol.